The number of methoxy groups -OCH3 is 1. The zero-order valence-electron chi connectivity index (χ0n) is 10.3. The van der Waals surface area contributed by atoms with Crippen molar-refractivity contribution in [3.05, 3.63) is 22.3 Å². The van der Waals surface area contributed by atoms with Gasteiger partial charge in [-0.05, 0) is 48.8 Å². The van der Waals surface area contributed by atoms with Crippen molar-refractivity contribution in [3.8, 4) is 0 Å². The Bertz CT molecular complexity index is 342. The second kappa shape index (κ2) is 6.21. The van der Waals surface area contributed by atoms with Crippen molar-refractivity contribution in [2.45, 2.75) is 26.8 Å². The molecule has 90 valence electrons. The van der Waals surface area contributed by atoms with Gasteiger partial charge in [0.2, 0.25) is 0 Å². The summed E-state index contributed by atoms with van der Waals surface area (Å²) in [6, 6.07) is 4.50. The van der Waals surface area contributed by atoms with Gasteiger partial charge < -0.3 is 9.64 Å². The SMILES string of the molecule is COCCN(c1ccc(Br)c(C)n1)C(C)C. The van der Waals surface area contributed by atoms with Crippen molar-refractivity contribution in [2.75, 3.05) is 25.2 Å². The van der Waals surface area contributed by atoms with Crippen LogP contribution in [-0.2, 0) is 4.74 Å². The molecule has 0 aliphatic rings. The zero-order chi connectivity index (χ0) is 12.1. The summed E-state index contributed by atoms with van der Waals surface area (Å²) in [5.41, 5.74) is 1.01. The average Bonchev–Trinajstić information content (AvgIpc) is 2.23. The lowest BCUT2D eigenvalue weighted by Crippen LogP contribution is -2.34. The number of halogens is 1. The monoisotopic (exact) mass is 286 g/mol. The van der Waals surface area contributed by atoms with E-state index < -0.39 is 0 Å². The first-order chi connectivity index (χ1) is 7.56. The van der Waals surface area contributed by atoms with Gasteiger partial charge in [-0.15, -0.1) is 0 Å². The van der Waals surface area contributed by atoms with Crippen LogP contribution in [0.1, 0.15) is 19.5 Å². The Morgan fingerprint density at radius 2 is 2.12 bits per heavy atom. The second-order valence-electron chi connectivity index (χ2n) is 4.02. The molecule has 0 aromatic carbocycles. The molecule has 1 aromatic rings. The highest BCUT2D eigenvalue weighted by Gasteiger charge is 2.12. The van der Waals surface area contributed by atoms with E-state index in [-0.39, 0.29) is 0 Å². The van der Waals surface area contributed by atoms with Gasteiger partial charge in [-0.25, -0.2) is 4.98 Å². The summed E-state index contributed by atoms with van der Waals surface area (Å²) in [6.07, 6.45) is 0. The molecule has 0 unspecified atom stereocenters. The van der Waals surface area contributed by atoms with Crippen molar-refractivity contribution in [2.24, 2.45) is 0 Å². The molecule has 16 heavy (non-hydrogen) atoms. The zero-order valence-corrected chi connectivity index (χ0v) is 11.9. The molecule has 0 N–H and O–H groups in total. The van der Waals surface area contributed by atoms with Crippen molar-refractivity contribution in [1.82, 2.24) is 4.98 Å². The summed E-state index contributed by atoms with van der Waals surface area (Å²) in [5, 5.41) is 0. The summed E-state index contributed by atoms with van der Waals surface area (Å²) in [5.74, 6) is 1.01. The molecule has 0 amide bonds. The first-order valence-corrected chi connectivity index (χ1v) is 6.24. The maximum atomic E-state index is 5.12. The van der Waals surface area contributed by atoms with Gasteiger partial charge in [0.05, 0.1) is 12.3 Å². The van der Waals surface area contributed by atoms with Crippen LogP contribution in [0.15, 0.2) is 16.6 Å². The fraction of sp³-hybridized carbons (Fsp3) is 0.583. The fourth-order valence-electron chi connectivity index (χ4n) is 1.52. The number of aromatic nitrogens is 1. The third-order valence-electron chi connectivity index (χ3n) is 2.46. The number of nitrogens with zero attached hydrogens (tertiary/aromatic N) is 2. The Balaban J connectivity index is 2.88. The molecule has 0 fully saturated rings. The lowest BCUT2D eigenvalue weighted by atomic mass is 10.3. The van der Waals surface area contributed by atoms with E-state index in [0.29, 0.717) is 6.04 Å². The largest absolute Gasteiger partial charge is 0.383 e. The number of pyridine rings is 1. The van der Waals surface area contributed by atoms with E-state index in [9.17, 15) is 0 Å². The summed E-state index contributed by atoms with van der Waals surface area (Å²) in [4.78, 5) is 6.81. The van der Waals surface area contributed by atoms with Gasteiger partial charge in [-0.2, -0.15) is 0 Å². The van der Waals surface area contributed by atoms with Crippen LogP contribution in [0.5, 0.6) is 0 Å². The van der Waals surface area contributed by atoms with Gasteiger partial charge in [0.25, 0.3) is 0 Å². The van der Waals surface area contributed by atoms with Gasteiger partial charge in [0.1, 0.15) is 5.82 Å². The van der Waals surface area contributed by atoms with Crippen LogP contribution < -0.4 is 4.90 Å². The number of rotatable bonds is 5. The summed E-state index contributed by atoms with van der Waals surface area (Å²) >= 11 is 3.46. The van der Waals surface area contributed by atoms with Crippen LogP contribution in [0, 0.1) is 6.92 Å². The van der Waals surface area contributed by atoms with Crippen molar-refractivity contribution in [1.29, 1.82) is 0 Å². The molecule has 0 aliphatic heterocycles. The maximum absolute atomic E-state index is 5.12. The third kappa shape index (κ3) is 3.46. The summed E-state index contributed by atoms with van der Waals surface area (Å²) in [7, 11) is 1.72. The van der Waals surface area contributed by atoms with Crippen molar-refractivity contribution >= 4 is 21.7 Å². The Labute approximate surface area is 106 Å². The Kier molecular flexibility index (Phi) is 5.22. The van der Waals surface area contributed by atoms with E-state index in [4.69, 9.17) is 4.74 Å². The van der Waals surface area contributed by atoms with E-state index in [2.05, 4.69) is 39.7 Å². The average molecular weight is 287 g/mol. The minimum absolute atomic E-state index is 0.420. The minimum Gasteiger partial charge on any atom is -0.383 e. The smallest absolute Gasteiger partial charge is 0.129 e. The minimum atomic E-state index is 0.420. The topological polar surface area (TPSA) is 25.4 Å². The molecular weight excluding hydrogens is 268 g/mol. The van der Waals surface area contributed by atoms with E-state index in [1.54, 1.807) is 7.11 Å². The number of ether oxygens (including phenoxy) is 1. The normalized spacial score (nSPS) is 10.9. The molecule has 0 spiro atoms. The fourth-order valence-corrected chi connectivity index (χ4v) is 1.74. The Hall–Kier alpha value is -0.610. The molecule has 1 rings (SSSR count). The quantitative estimate of drug-likeness (QED) is 0.832. The predicted octanol–water partition coefficient (Wildman–Crippen LogP) is 3.01. The molecule has 4 heteroatoms. The number of anilines is 1. The highest BCUT2D eigenvalue weighted by molar-refractivity contribution is 9.10. The van der Waals surface area contributed by atoms with Gasteiger partial charge in [0, 0.05) is 24.2 Å². The van der Waals surface area contributed by atoms with E-state index >= 15 is 0 Å². The Morgan fingerprint density at radius 1 is 1.44 bits per heavy atom. The van der Waals surface area contributed by atoms with Crippen LogP contribution in [0.2, 0.25) is 0 Å². The molecule has 3 nitrogen and oxygen atoms in total. The summed E-state index contributed by atoms with van der Waals surface area (Å²) in [6.45, 7) is 7.91. The van der Waals surface area contributed by atoms with E-state index in [1.165, 1.54) is 0 Å². The highest BCUT2D eigenvalue weighted by atomic mass is 79.9. The van der Waals surface area contributed by atoms with Crippen LogP contribution in [-0.4, -0.2) is 31.3 Å². The molecule has 1 aromatic heterocycles. The van der Waals surface area contributed by atoms with E-state index in [1.807, 2.05) is 19.1 Å². The molecule has 1 heterocycles. The molecule has 0 bridgehead atoms. The van der Waals surface area contributed by atoms with Gasteiger partial charge in [-0.1, -0.05) is 0 Å². The molecule has 0 saturated carbocycles. The second-order valence-corrected chi connectivity index (χ2v) is 4.87. The standard InChI is InChI=1S/C12H19BrN2O/c1-9(2)15(7-8-16-4)12-6-5-11(13)10(3)14-12/h5-6,9H,7-8H2,1-4H3. The van der Waals surface area contributed by atoms with Gasteiger partial charge in [-0.3, -0.25) is 0 Å². The first kappa shape index (κ1) is 13.5. The maximum Gasteiger partial charge on any atom is 0.129 e. The highest BCUT2D eigenvalue weighted by Crippen LogP contribution is 2.20. The lowest BCUT2D eigenvalue weighted by molar-refractivity contribution is 0.203. The molecular formula is C12H19BrN2O. The molecule has 0 radical (unpaired) electrons. The van der Waals surface area contributed by atoms with Gasteiger partial charge >= 0.3 is 0 Å². The van der Waals surface area contributed by atoms with E-state index in [0.717, 1.165) is 29.1 Å². The molecule has 0 saturated heterocycles. The first-order valence-electron chi connectivity index (χ1n) is 5.45. The molecule has 0 atom stereocenters. The van der Waals surface area contributed by atoms with Crippen molar-refractivity contribution < 1.29 is 4.74 Å². The molecule has 0 aliphatic carbocycles. The van der Waals surface area contributed by atoms with Crippen LogP contribution in [0.25, 0.3) is 0 Å². The van der Waals surface area contributed by atoms with Crippen LogP contribution >= 0.6 is 15.9 Å². The van der Waals surface area contributed by atoms with Crippen LogP contribution in [0.3, 0.4) is 0 Å². The van der Waals surface area contributed by atoms with Crippen molar-refractivity contribution in [3.63, 3.8) is 0 Å². The summed E-state index contributed by atoms with van der Waals surface area (Å²) < 4.78 is 6.17. The Morgan fingerprint density at radius 3 is 2.62 bits per heavy atom. The third-order valence-corrected chi connectivity index (χ3v) is 3.30. The van der Waals surface area contributed by atoms with Crippen LogP contribution in [0.4, 0.5) is 5.82 Å². The van der Waals surface area contributed by atoms with Gasteiger partial charge in [0.15, 0.2) is 0 Å². The lowest BCUT2D eigenvalue weighted by Gasteiger charge is -2.27. The number of hydrogen-bond donors (Lipinski definition) is 0. The number of aryl methyl sites for hydroxylation is 1. The predicted molar refractivity (Wildman–Crippen MR) is 71.0 cm³/mol. The number of hydrogen-bond acceptors (Lipinski definition) is 3.